The van der Waals surface area contributed by atoms with Gasteiger partial charge >= 0.3 is 0 Å². The van der Waals surface area contributed by atoms with E-state index in [2.05, 4.69) is 17.9 Å². The van der Waals surface area contributed by atoms with Crippen molar-refractivity contribution < 1.29 is 9.47 Å². The summed E-state index contributed by atoms with van der Waals surface area (Å²) in [7, 11) is 1.70. The van der Waals surface area contributed by atoms with E-state index in [4.69, 9.17) is 15.2 Å². The first-order valence-electron chi connectivity index (χ1n) is 6.93. The standard InChI is InChI=1S/C15H26N2O2/c1-4-17(10-11-19-5-2)14(12-16)13-8-6-7-9-15(13)18-3/h6-9,14H,4-5,10-12,16H2,1-3H3. The van der Waals surface area contributed by atoms with E-state index in [0.29, 0.717) is 6.54 Å². The molecule has 0 heterocycles. The molecule has 1 unspecified atom stereocenters. The van der Waals surface area contributed by atoms with Gasteiger partial charge in [-0.3, -0.25) is 4.90 Å². The third-order valence-corrected chi connectivity index (χ3v) is 3.30. The van der Waals surface area contributed by atoms with Crippen LogP contribution in [-0.4, -0.2) is 44.9 Å². The first kappa shape index (κ1) is 16.0. The highest BCUT2D eigenvalue weighted by Crippen LogP contribution is 2.28. The fraction of sp³-hybridized carbons (Fsp3) is 0.600. The van der Waals surface area contributed by atoms with Gasteiger partial charge in [-0.1, -0.05) is 25.1 Å². The predicted molar refractivity (Wildman–Crippen MR) is 78.5 cm³/mol. The molecule has 0 radical (unpaired) electrons. The number of para-hydroxylation sites is 1. The van der Waals surface area contributed by atoms with Crippen LogP contribution in [0, 0.1) is 0 Å². The lowest BCUT2D eigenvalue weighted by molar-refractivity contribution is 0.0974. The molecular formula is C15H26N2O2. The van der Waals surface area contributed by atoms with Crippen molar-refractivity contribution in [1.29, 1.82) is 0 Å². The largest absolute Gasteiger partial charge is 0.496 e. The molecule has 0 saturated heterocycles. The van der Waals surface area contributed by atoms with Crippen molar-refractivity contribution in [3.05, 3.63) is 29.8 Å². The summed E-state index contributed by atoms with van der Waals surface area (Å²) >= 11 is 0. The van der Waals surface area contributed by atoms with Crippen molar-refractivity contribution in [2.24, 2.45) is 5.73 Å². The lowest BCUT2D eigenvalue weighted by Gasteiger charge is -2.30. The lowest BCUT2D eigenvalue weighted by Crippen LogP contribution is -2.36. The number of benzene rings is 1. The van der Waals surface area contributed by atoms with Crippen molar-refractivity contribution in [3.63, 3.8) is 0 Å². The Balaban J connectivity index is 2.84. The molecule has 0 saturated carbocycles. The molecule has 0 amide bonds. The van der Waals surface area contributed by atoms with E-state index in [1.54, 1.807) is 7.11 Å². The Bertz CT molecular complexity index is 358. The molecule has 2 N–H and O–H groups in total. The Labute approximate surface area is 116 Å². The molecule has 4 nitrogen and oxygen atoms in total. The van der Waals surface area contributed by atoms with E-state index >= 15 is 0 Å². The van der Waals surface area contributed by atoms with Gasteiger partial charge in [0.1, 0.15) is 5.75 Å². The van der Waals surface area contributed by atoms with E-state index in [1.165, 1.54) is 0 Å². The smallest absolute Gasteiger partial charge is 0.123 e. The number of methoxy groups -OCH3 is 1. The van der Waals surface area contributed by atoms with Crippen LogP contribution in [-0.2, 0) is 4.74 Å². The molecule has 0 spiro atoms. The molecule has 0 aromatic heterocycles. The monoisotopic (exact) mass is 266 g/mol. The van der Waals surface area contributed by atoms with Gasteiger partial charge in [-0.25, -0.2) is 0 Å². The topological polar surface area (TPSA) is 47.7 Å². The zero-order valence-corrected chi connectivity index (χ0v) is 12.3. The number of hydrogen-bond donors (Lipinski definition) is 1. The van der Waals surface area contributed by atoms with Crippen LogP contribution in [0.2, 0.25) is 0 Å². The number of likely N-dealkylation sites (N-methyl/N-ethyl adjacent to an activating group) is 1. The quantitative estimate of drug-likeness (QED) is 0.695. The molecule has 0 aliphatic heterocycles. The van der Waals surface area contributed by atoms with Crippen molar-refractivity contribution in [2.75, 3.05) is 40.0 Å². The fourth-order valence-corrected chi connectivity index (χ4v) is 2.27. The minimum absolute atomic E-state index is 0.168. The van der Waals surface area contributed by atoms with Gasteiger partial charge in [0.2, 0.25) is 0 Å². The van der Waals surface area contributed by atoms with E-state index in [0.717, 1.165) is 37.6 Å². The molecule has 19 heavy (non-hydrogen) atoms. The van der Waals surface area contributed by atoms with Crippen LogP contribution in [0.15, 0.2) is 24.3 Å². The number of rotatable bonds is 9. The van der Waals surface area contributed by atoms with E-state index in [1.807, 2.05) is 25.1 Å². The van der Waals surface area contributed by atoms with Crippen LogP contribution in [0.1, 0.15) is 25.5 Å². The summed E-state index contributed by atoms with van der Waals surface area (Å²) in [4.78, 5) is 2.33. The second-order valence-electron chi connectivity index (χ2n) is 4.32. The van der Waals surface area contributed by atoms with Crippen LogP contribution in [0.4, 0.5) is 0 Å². The Kier molecular flexibility index (Phi) is 7.48. The van der Waals surface area contributed by atoms with Crippen LogP contribution in [0.25, 0.3) is 0 Å². The fourth-order valence-electron chi connectivity index (χ4n) is 2.27. The van der Waals surface area contributed by atoms with Crippen LogP contribution < -0.4 is 10.5 Å². The van der Waals surface area contributed by atoms with Crippen molar-refractivity contribution in [2.45, 2.75) is 19.9 Å². The second-order valence-corrected chi connectivity index (χ2v) is 4.32. The zero-order chi connectivity index (χ0) is 14.1. The second kappa shape index (κ2) is 8.91. The molecule has 1 aromatic rings. The Morgan fingerprint density at radius 1 is 1.26 bits per heavy atom. The molecule has 1 atom stereocenters. The highest BCUT2D eigenvalue weighted by Gasteiger charge is 2.20. The molecule has 0 aliphatic carbocycles. The molecule has 0 bridgehead atoms. The maximum Gasteiger partial charge on any atom is 0.123 e. The molecule has 0 fully saturated rings. The molecule has 0 aliphatic rings. The van der Waals surface area contributed by atoms with Crippen LogP contribution in [0.5, 0.6) is 5.75 Å². The van der Waals surface area contributed by atoms with E-state index < -0.39 is 0 Å². The third kappa shape index (κ3) is 4.49. The average molecular weight is 266 g/mol. The van der Waals surface area contributed by atoms with Gasteiger partial charge in [0, 0.05) is 25.3 Å². The maximum absolute atomic E-state index is 5.97. The van der Waals surface area contributed by atoms with Gasteiger partial charge in [-0.05, 0) is 19.5 Å². The van der Waals surface area contributed by atoms with Gasteiger partial charge in [-0.2, -0.15) is 0 Å². The first-order chi connectivity index (χ1) is 9.28. The van der Waals surface area contributed by atoms with Crippen molar-refractivity contribution in [3.8, 4) is 5.75 Å². The SMILES string of the molecule is CCOCCN(CC)C(CN)c1ccccc1OC. The lowest BCUT2D eigenvalue weighted by atomic mass is 10.0. The number of nitrogens with two attached hydrogens (primary N) is 1. The first-order valence-corrected chi connectivity index (χ1v) is 6.93. The van der Waals surface area contributed by atoms with Crippen LogP contribution >= 0.6 is 0 Å². The molecular weight excluding hydrogens is 240 g/mol. The highest BCUT2D eigenvalue weighted by atomic mass is 16.5. The summed E-state index contributed by atoms with van der Waals surface area (Å²) in [6.07, 6.45) is 0. The predicted octanol–water partition coefficient (Wildman–Crippen LogP) is 2.05. The summed E-state index contributed by atoms with van der Waals surface area (Å²) < 4.78 is 10.9. The minimum Gasteiger partial charge on any atom is -0.496 e. The molecule has 4 heteroatoms. The Morgan fingerprint density at radius 2 is 2.00 bits per heavy atom. The number of ether oxygens (including phenoxy) is 2. The van der Waals surface area contributed by atoms with E-state index in [9.17, 15) is 0 Å². The molecule has 1 rings (SSSR count). The summed E-state index contributed by atoms with van der Waals surface area (Å²) in [5, 5.41) is 0. The molecule has 108 valence electrons. The normalized spacial score (nSPS) is 12.7. The van der Waals surface area contributed by atoms with Gasteiger partial charge in [-0.15, -0.1) is 0 Å². The molecule has 1 aromatic carbocycles. The van der Waals surface area contributed by atoms with Crippen molar-refractivity contribution in [1.82, 2.24) is 4.90 Å². The summed E-state index contributed by atoms with van der Waals surface area (Å²) in [6, 6.07) is 8.23. The summed E-state index contributed by atoms with van der Waals surface area (Å²) in [5.74, 6) is 0.896. The van der Waals surface area contributed by atoms with Gasteiger partial charge < -0.3 is 15.2 Å². The van der Waals surface area contributed by atoms with Crippen LogP contribution in [0.3, 0.4) is 0 Å². The third-order valence-electron chi connectivity index (χ3n) is 3.30. The van der Waals surface area contributed by atoms with Gasteiger partial charge in [0.15, 0.2) is 0 Å². The number of nitrogens with zero attached hydrogens (tertiary/aromatic N) is 1. The average Bonchev–Trinajstić information content (AvgIpc) is 2.47. The zero-order valence-electron chi connectivity index (χ0n) is 12.3. The number of hydrogen-bond acceptors (Lipinski definition) is 4. The summed E-state index contributed by atoms with van der Waals surface area (Å²) in [6.45, 7) is 8.02. The Hall–Kier alpha value is -1.10. The summed E-state index contributed by atoms with van der Waals surface area (Å²) in [5.41, 5.74) is 7.12. The Morgan fingerprint density at radius 3 is 2.58 bits per heavy atom. The maximum atomic E-state index is 5.97. The van der Waals surface area contributed by atoms with Crippen molar-refractivity contribution >= 4 is 0 Å². The minimum atomic E-state index is 0.168. The van der Waals surface area contributed by atoms with Gasteiger partial charge in [0.05, 0.1) is 19.8 Å². The van der Waals surface area contributed by atoms with E-state index in [-0.39, 0.29) is 6.04 Å². The van der Waals surface area contributed by atoms with Gasteiger partial charge in [0.25, 0.3) is 0 Å². The highest BCUT2D eigenvalue weighted by molar-refractivity contribution is 5.36.